The molecule has 1 fully saturated rings. The van der Waals surface area contributed by atoms with Gasteiger partial charge < -0.3 is 15.4 Å². The lowest BCUT2D eigenvalue weighted by atomic mass is 10.1. The average Bonchev–Trinajstić information content (AvgIpc) is 2.43. The number of hydrogen-bond donors (Lipinski definition) is 1. The summed E-state index contributed by atoms with van der Waals surface area (Å²) < 4.78 is 4.97. The zero-order valence-corrected chi connectivity index (χ0v) is 13.1. The third-order valence-electron chi connectivity index (χ3n) is 4.19. The van der Waals surface area contributed by atoms with Crippen molar-refractivity contribution in [2.45, 2.75) is 32.5 Å². The van der Waals surface area contributed by atoms with Crippen molar-refractivity contribution in [1.82, 2.24) is 9.80 Å². The van der Waals surface area contributed by atoms with Gasteiger partial charge in [0.15, 0.2) is 0 Å². The van der Waals surface area contributed by atoms with E-state index in [9.17, 15) is 4.79 Å². The first kappa shape index (κ1) is 15.8. The van der Waals surface area contributed by atoms with Gasteiger partial charge in [0.2, 0.25) is 0 Å². The van der Waals surface area contributed by atoms with E-state index in [4.69, 9.17) is 10.5 Å². The van der Waals surface area contributed by atoms with Gasteiger partial charge in [0, 0.05) is 32.2 Å². The monoisotopic (exact) mass is 291 g/mol. The molecular formula is C16H25N3O2. The van der Waals surface area contributed by atoms with Gasteiger partial charge in [-0.2, -0.15) is 0 Å². The third kappa shape index (κ3) is 4.44. The highest BCUT2D eigenvalue weighted by Gasteiger charge is 2.20. The second-order valence-electron chi connectivity index (χ2n) is 5.89. The fourth-order valence-corrected chi connectivity index (χ4v) is 2.66. The lowest BCUT2D eigenvalue weighted by Crippen LogP contribution is -2.49. The quantitative estimate of drug-likeness (QED) is 0.921. The van der Waals surface area contributed by atoms with Crippen molar-refractivity contribution < 1.29 is 9.53 Å². The van der Waals surface area contributed by atoms with Crippen molar-refractivity contribution in [1.29, 1.82) is 0 Å². The number of benzene rings is 1. The van der Waals surface area contributed by atoms with E-state index in [0.29, 0.717) is 6.04 Å². The molecular weight excluding hydrogens is 266 g/mol. The van der Waals surface area contributed by atoms with Crippen LogP contribution in [-0.4, -0.2) is 48.6 Å². The molecule has 116 valence electrons. The van der Waals surface area contributed by atoms with Gasteiger partial charge in [-0.25, -0.2) is 4.79 Å². The van der Waals surface area contributed by atoms with Gasteiger partial charge in [-0.05, 0) is 32.0 Å². The number of carbonyl (C=O) groups excluding carboxylic acids is 1. The maximum absolute atomic E-state index is 10.8. The molecule has 1 heterocycles. The van der Waals surface area contributed by atoms with E-state index in [0.717, 1.165) is 31.7 Å². The fraction of sp³-hybridized carbons (Fsp3) is 0.562. The molecule has 0 saturated carbocycles. The molecule has 5 nitrogen and oxygen atoms in total. The number of carbonyl (C=O) groups is 1. The van der Waals surface area contributed by atoms with Gasteiger partial charge in [0.05, 0.1) is 0 Å². The van der Waals surface area contributed by atoms with Crippen LogP contribution in [0, 0.1) is 0 Å². The van der Waals surface area contributed by atoms with Crippen LogP contribution in [-0.2, 0) is 11.3 Å². The van der Waals surface area contributed by atoms with Gasteiger partial charge >= 0.3 is 6.09 Å². The third-order valence-corrected chi connectivity index (χ3v) is 4.19. The molecule has 2 N–H and O–H groups in total. The van der Waals surface area contributed by atoms with Gasteiger partial charge in [0.25, 0.3) is 0 Å². The molecule has 1 aromatic carbocycles. The number of amides is 1. The Morgan fingerprint density at radius 3 is 2.62 bits per heavy atom. The molecule has 0 aliphatic carbocycles. The molecule has 21 heavy (non-hydrogen) atoms. The lowest BCUT2D eigenvalue weighted by molar-refractivity contribution is 0.0999. The van der Waals surface area contributed by atoms with Gasteiger partial charge in [-0.15, -0.1) is 0 Å². The Hall–Kier alpha value is -1.59. The highest BCUT2D eigenvalue weighted by atomic mass is 16.6. The summed E-state index contributed by atoms with van der Waals surface area (Å²) in [6, 6.07) is 8.80. The molecule has 1 saturated heterocycles. The van der Waals surface area contributed by atoms with Crippen LogP contribution in [0.15, 0.2) is 24.3 Å². The summed E-state index contributed by atoms with van der Waals surface area (Å²) >= 11 is 0. The van der Waals surface area contributed by atoms with E-state index in [1.54, 1.807) is 0 Å². The molecule has 2 rings (SSSR count). The first-order valence-corrected chi connectivity index (χ1v) is 7.43. The number of hydrogen-bond acceptors (Lipinski definition) is 4. The van der Waals surface area contributed by atoms with Gasteiger partial charge in [-0.1, -0.05) is 24.3 Å². The van der Waals surface area contributed by atoms with Crippen LogP contribution >= 0.6 is 0 Å². The standard InChI is InChI=1S/C16H25N3O2/c1-12-10-19(9-8-18(12)3)11-14-4-6-15(7-5-14)13(2)21-16(17)20/h4-7,12-13H,8-11H2,1-3H3,(H2,17,20). The van der Waals surface area contributed by atoms with E-state index < -0.39 is 6.09 Å². The largest absolute Gasteiger partial charge is 0.442 e. The Kier molecular flexibility index (Phi) is 5.20. The number of primary amides is 1. The van der Waals surface area contributed by atoms with Crippen LogP contribution in [0.5, 0.6) is 0 Å². The zero-order chi connectivity index (χ0) is 15.4. The van der Waals surface area contributed by atoms with Crippen molar-refractivity contribution in [2.24, 2.45) is 5.73 Å². The predicted octanol–water partition coefficient (Wildman–Crippen LogP) is 1.98. The van der Waals surface area contributed by atoms with Crippen molar-refractivity contribution >= 4 is 6.09 Å². The number of rotatable bonds is 4. The van der Waals surface area contributed by atoms with Crippen LogP contribution in [0.25, 0.3) is 0 Å². The summed E-state index contributed by atoms with van der Waals surface area (Å²) in [4.78, 5) is 15.6. The smallest absolute Gasteiger partial charge is 0.405 e. The average molecular weight is 291 g/mol. The van der Waals surface area contributed by atoms with E-state index in [2.05, 4.69) is 35.9 Å². The minimum atomic E-state index is -0.738. The Bertz CT molecular complexity index is 475. The van der Waals surface area contributed by atoms with Crippen molar-refractivity contribution in [3.63, 3.8) is 0 Å². The number of piperazine rings is 1. The summed E-state index contributed by atoms with van der Waals surface area (Å²) in [5.41, 5.74) is 7.28. The molecule has 1 aromatic rings. The first-order chi connectivity index (χ1) is 9.95. The number of nitrogens with two attached hydrogens (primary N) is 1. The topological polar surface area (TPSA) is 58.8 Å². The number of likely N-dealkylation sites (N-methyl/N-ethyl adjacent to an activating group) is 1. The SMILES string of the molecule is CC(OC(N)=O)c1ccc(CN2CCN(C)C(C)C2)cc1. The normalized spacial score (nSPS) is 22.0. The highest BCUT2D eigenvalue weighted by Crippen LogP contribution is 2.18. The number of nitrogens with zero attached hydrogens (tertiary/aromatic N) is 2. The molecule has 0 aromatic heterocycles. The van der Waals surface area contributed by atoms with Crippen LogP contribution in [0.1, 0.15) is 31.1 Å². The molecule has 2 unspecified atom stereocenters. The lowest BCUT2D eigenvalue weighted by Gasteiger charge is -2.37. The fourth-order valence-electron chi connectivity index (χ4n) is 2.66. The predicted molar refractivity (Wildman–Crippen MR) is 82.9 cm³/mol. The van der Waals surface area contributed by atoms with Gasteiger partial charge in [-0.3, -0.25) is 4.90 Å². The van der Waals surface area contributed by atoms with E-state index in [-0.39, 0.29) is 6.10 Å². The van der Waals surface area contributed by atoms with Crippen LogP contribution in [0.3, 0.4) is 0 Å². The zero-order valence-electron chi connectivity index (χ0n) is 13.1. The maximum Gasteiger partial charge on any atom is 0.405 e. The Morgan fingerprint density at radius 2 is 2.05 bits per heavy atom. The maximum atomic E-state index is 10.8. The van der Waals surface area contributed by atoms with E-state index in [1.807, 2.05) is 19.1 Å². The highest BCUT2D eigenvalue weighted by molar-refractivity contribution is 5.65. The Balaban J connectivity index is 1.92. The second kappa shape index (κ2) is 6.91. The van der Waals surface area contributed by atoms with Crippen molar-refractivity contribution in [3.8, 4) is 0 Å². The second-order valence-corrected chi connectivity index (χ2v) is 5.89. The molecule has 0 spiro atoms. The Labute approximate surface area is 126 Å². The summed E-state index contributed by atoms with van der Waals surface area (Å²) in [6.45, 7) is 8.36. The molecule has 1 aliphatic heterocycles. The molecule has 0 radical (unpaired) electrons. The van der Waals surface area contributed by atoms with E-state index in [1.165, 1.54) is 5.56 Å². The molecule has 0 bridgehead atoms. The summed E-state index contributed by atoms with van der Waals surface area (Å²) in [5, 5.41) is 0. The van der Waals surface area contributed by atoms with Crippen molar-refractivity contribution in [3.05, 3.63) is 35.4 Å². The summed E-state index contributed by atoms with van der Waals surface area (Å²) in [5.74, 6) is 0. The number of ether oxygens (including phenoxy) is 1. The van der Waals surface area contributed by atoms with Crippen molar-refractivity contribution in [2.75, 3.05) is 26.7 Å². The van der Waals surface area contributed by atoms with Crippen LogP contribution in [0.4, 0.5) is 4.79 Å². The summed E-state index contributed by atoms with van der Waals surface area (Å²) in [7, 11) is 2.18. The Morgan fingerprint density at radius 1 is 1.38 bits per heavy atom. The van der Waals surface area contributed by atoms with Crippen LogP contribution < -0.4 is 5.73 Å². The minimum absolute atomic E-state index is 0.305. The molecule has 5 heteroatoms. The molecule has 2 atom stereocenters. The summed E-state index contributed by atoms with van der Waals surface area (Å²) in [6.07, 6.45) is -1.04. The van der Waals surface area contributed by atoms with Crippen LogP contribution in [0.2, 0.25) is 0 Å². The molecule has 1 aliphatic rings. The van der Waals surface area contributed by atoms with Gasteiger partial charge in [0.1, 0.15) is 6.10 Å². The minimum Gasteiger partial charge on any atom is -0.442 e. The molecule has 1 amide bonds. The first-order valence-electron chi connectivity index (χ1n) is 7.43. The van der Waals surface area contributed by atoms with E-state index >= 15 is 0 Å².